The van der Waals surface area contributed by atoms with Crippen molar-refractivity contribution in [1.82, 2.24) is 15.6 Å². The summed E-state index contributed by atoms with van der Waals surface area (Å²) in [6, 6.07) is 0.711. The molecule has 2 heterocycles. The highest BCUT2D eigenvalue weighted by Gasteiger charge is 2.11. The Morgan fingerprint density at radius 1 is 1.53 bits per heavy atom. The molecule has 1 aromatic rings. The molecule has 1 atom stereocenters. The number of nitrogens with zero attached hydrogens (tertiary/aromatic N) is 1. The summed E-state index contributed by atoms with van der Waals surface area (Å²) in [5.74, 6) is 2.54. The van der Waals surface area contributed by atoms with E-state index in [1.165, 1.54) is 35.2 Å². The van der Waals surface area contributed by atoms with Crippen LogP contribution < -0.4 is 10.6 Å². The van der Waals surface area contributed by atoms with Crippen molar-refractivity contribution in [2.45, 2.75) is 25.8 Å². The van der Waals surface area contributed by atoms with Gasteiger partial charge < -0.3 is 10.6 Å². The number of thioether (sulfide) groups is 1. The van der Waals surface area contributed by atoms with E-state index in [0.717, 1.165) is 19.5 Å². The molecule has 1 unspecified atom stereocenters. The van der Waals surface area contributed by atoms with E-state index in [2.05, 4.69) is 39.7 Å². The van der Waals surface area contributed by atoms with E-state index in [0.29, 0.717) is 6.04 Å². The molecular formula is C12H21N3S2. The second-order valence-electron chi connectivity index (χ2n) is 4.37. The molecule has 1 aliphatic heterocycles. The molecule has 17 heavy (non-hydrogen) atoms. The number of nitrogens with one attached hydrogen (secondary N) is 2. The summed E-state index contributed by atoms with van der Waals surface area (Å²) in [7, 11) is 0. The van der Waals surface area contributed by atoms with Gasteiger partial charge in [-0.15, -0.1) is 11.3 Å². The van der Waals surface area contributed by atoms with Gasteiger partial charge in [0.2, 0.25) is 0 Å². The van der Waals surface area contributed by atoms with Crippen LogP contribution in [-0.2, 0) is 6.42 Å². The van der Waals surface area contributed by atoms with Crippen LogP contribution >= 0.6 is 23.1 Å². The molecule has 2 N–H and O–H groups in total. The van der Waals surface area contributed by atoms with Gasteiger partial charge in [-0.25, -0.2) is 4.98 Å². The highest BCUT2D eigenvalue weighted by atomic mass is 32.2. The van der Waals surface area contributed by atoms with Gasteiger partial charge in [-0.05, 0) is 19.9 Å². The number of hydrogen-bond donors (Lipinski definition) is 2. The molecular weight excluding hydrogens is 250 g/mol. The Morgan fingerprint density at radius 3 is 3.18 bits per heavy atom. The van der Waals surface area contributed by atoms with Gasteiger partial charge in [-0.3, -0.25) is 0 Å². The van der Waals surface area contributed by atoms with Gasteiger partial charge >= 0.3 is 0 Å². The predicted molar refractivity (Wildman–Crippen MR) is 77.2 cm³/mol. The maximum atomic E-state index is 4.46. The number of thiazole rings is 1. The summed E-state index contributed by atoms with van der Waals surface area (Å²) in [6.07, 6.45) is 2.29. The van der Waals surface area contributed by atoms with Gasteiger partial charge in [-0.2, -0.15) is 11.8 Å². The van der Waals surface area contributed by atoms with Gasteiger partial charge in [0, 0.05) is 42.4 Å². The van der Waals surface area contributed by atoms with Crippen molar-refractivity contribution in [3.8, 4) is 0 Å². The highest BCUT2D eigenvalue weighted by molar-refractivity contribution is 7.99. The van der Waals surface area contributed by atoms with Gasteiger partial charge in [0.1, 0.15) is 0 Å². The predicted octanol–water partition coefficient (Wildman–Crippen LogP) is 1.68. The molecule has 0 bridgehead atoms. The van der Waals surface area contributed by atoms with E-state index < -0.39 is 0 Å². The van der Waals surface area contributed by atoms with Crippen molar-refractivity contribution in [3.63, 3.8) is 0 Å². The first-order valence-corrected chi connectivity index (χ1v) is 8.31. The second kappa shape index (κ2) is 7.36. The largest absolute Gasteiger partial charge is 0.316 e. The minimum absolute atomic E-state index is 0.711. The van der Waals surface area contributed by atoms with E-state index in [4.69, 9.17) is 0 Å². The quantitative estimate of drug-likeness (QED) is 0.772. The third-order valence-corrected chi connectivity index (χ3v) is 4.85. The maximum Gasteiger partial charge on any atom is 0.0897 e. The van der Waals surface area contributed by atoms with Crippen LogP contribution in [0.25, 0.3) is 0 Å². The number of hydrogen-bond acceptors (Lipinski definition) is 5. The fourth-order valence-electron chi connectivity index (χ4n) is 1.95. The fraction of sp³-hybridized carbons (Fsp3) is 0.750. The highest BCUT2D eigenvalue weighted by Crippen LogP contribution is 2.10. The van der Waals surface area contributed by atoms with Crippen molar-refractivity contribution in [2.24, 2.45) is 0 Å². The first-order valence-electron chi connectivity index (χ1n) is 6.27. The Morgan fingerprint density at radius 2 is 2.47 bits per heavy atom. The first kappa shape index (κ1) is 13.3. The van der Waals surface area contributed by atoms with Crippen LogP contribution in [-0.4, -0.2) is 42.2 Å². The molecule has 96 valence electrons. The lowest BCUT2D eigenvalue weighted by Crippen LogP contribution is -2.39. The standard InChI is InChI=1S/C12H21N3S2/c1-10-15-12(9-17-10)3-5-13-4-2-11-8-16-7-6-14-11/h9,11,13-14H,2-8H2,1H3. The van der Waals surface area contributed by atoms with Gasteiger partial charge in [0.05, 0.1) is 10.7 Å². The van der Waals surface area contributed by atoms with Gasteiger partial charge in [-0.1, -0.05) is 0 Å². The van der Waals surface area contributed by atoms with Gasteiger partial charge in [0.15, 0.2) is 0 Å². The van der Waals surface area contributed by atoms with Crippen LogP contribution in [0.4, 0.5) is 0 Å². The topological polar surface area (TPSA) is 37.0 Å². The first-order chi connectivity index (χ1) is 8.34. The number of rotatable bonds is 6. The second-order valence-corrected chi connectivity index (χ2v) is 6.58. The number of aryl methyl sites for hydroxylation is 1. The molecule has 0 aromatic carbocycles. The smallest absolute Gasteiger partial charge is 0.0897 e. The van der Waals surface area contributed by atoms with E-state index in [-0.39, 0.29) is 0 Å². The lowest BCUT2D eigenvalue weighted by Gasteiger charge is -2.23. The summed E-state index contributed by atoms with van der Waals surface area (Å²) < 4.78 is 0. The molecule has 1 aromatic heterocycles. The zero-order chi connectivity index (χ0) is 11.9. The molecule has 5 heteroatoms. The lowest BCUT2D eigenvalue weighted by atomic mass is 10.2. The molecule has 1 saturated heterocycles. The van der Waals surface area contributed by atoms with Crippen LogP contribution in [0.1, 0.15) is 17.1 Å². The summed E-state index contributed by atoms with van der Waals surface area (Å²) in [5, 5.41) is 10.4. The van der Waals surface area contributed by atoms with E-state index >= 15 is 0 Å². The Hall–Kier alpha value is -0.100. The Kier molecular flexibility index (Phi) is 5.77. The van der Waals surface area contributed by atoms with Gasteiger partial charge in [0.25, 0.3) is 0 Å². The van der Waals surface area contributed by atoms with Crippen LogP contribution in [0, 0.1) is 6.92 Å². The fourth-order valence-corrected chi connectivity index (χ4v) is 3.59. The molecule has 0 amide bonds. The maximum absolute atomic E-state index is 4.46. The zero-order valence-electron chi connectivity index (χ0n) is 10.4. The average Bonchev–Trinajstić information content (AvgIpc) is 2.76. The number of aromatic nitrogens is 1. The Bertz CT molecular complexity index is 321. The van der Waals surface area contributed by atoms with Crippen molar-refractivity contribution >= 4 is 23.1 Å². The van der Waals surface area contributed by atoms with Crippen LogP contribution in [0.2, 0.25) is 0 Å². The minimum Gasteiger partial charge on any atom is -0.316 e. The molecule has 0 spiro atoms. The monoisotopic (exact) mass is 271 g/mol. The Balaban J connectivity index is 1.51. The van der Waals surface area contributed by atoms with Crippen molar-refractivity contribution < 1.29 is 0 Å². The molecule has 1 fully saturated rings. The van der Waals surface area contributed by atoms with Crippen LogP contribution in [0.5, 0.6) is 0 Å². The van der Waals surface area contributed by atoms with E-state index in [1.807, 2.05) is 0 Å². The van der Waals surface area contributed by atoms with Crippen LogP contribution in [0.15, 0.2) is 5.38 Å². The molecule has 3 nitrogen and oxygen atoms in total. The van der Waals surface area contributed by atoms with E-state index in [9.17, 15) is 0 Å². The molecule has 0 radical (unpaired) electrons. The van der Waals surface area contributed by atoms with E-state index in [1.54, 1.807) is 11.3 Å². The average molecular weight is 271 g/mol. The minimum atomic E-state index is 0.711. The summed E-state index contributed by atoms with van der Waals surface area (Å²) in [5.41, 5.74) is 1.23. The normalized spacial score (nSPS) is 20.6. The third-order valence-electron chi connectivity index (χ3n) is 2.89. The Labute approximate surface area is 112 Å². The molecule has 0 aliphatic carbocycles. The summed E-state index contributed by atoms with van der Waals surface area (Å²) in [4.78, 5) is 4.46. The van der Waals surface area contributed by atoms with Crippen molar-refractivity contribution in [1.29, 1.82) is 0 Å². The van der Waals surface area contributed by atoms with Crippen molar-refractivity contribution in [2.75, 3.05) is 31.1 Å². The van der Waals surface area contributed by atoms with Crippen LogP contribution in [0.3, 0.4) is 0 Å². The molecule has 2 rings (SSSR count). The lowest BCUT2D eigenvalue weighted by molar-refractivity contribution is 0.504. The van der Waals surface area contributed by atoms with Crippen molar-refractivity contribution in [3.05, 3.63) is 16.1 Å². The summed E-state index contributed by atoms with van der Waals surface area (Å²) >= 11 is 3.81. The molecule has 0 saturated carbocycles. The third kappa shape index (κ3) is 4.95. The SMILES string of the molecule is Cc1nc(CCNCCC2CSCCN2)cs1. The zero-order valence-corrected chi connectivity index (χ0v) is 12.0. The molecule has 1 aliphatic rings. The summed E-state index contributed by atoms with van der Waals surface area (Å²) in [6.45, 7) is 5.39.